The number of carbonyl (C=O) groups is 3. The number of carbonyl (C=O) groups excluding carboxylic acids is 3. The number of benzene rings is 1. The lowest BCUT2D eigenvalue weighted by Crippen LogP contribution is -2.49. The second-order valence-electron chi connectivity index (χ2n) is 6.35. The molecule has 0 saturated carbocycles. The number of nitrogens with one attached hydrogen (secondary N) is 1. The van der Waals surface area contributed by atoms with Gasteiger partial charge in [0, 0.05) is 37.7 Å². The number of hydrogen-bond donors (Lipinski definition) is 2. The zero-order valence-corrected chi connectivity index (χ0v) is 13.5. The van der Waals surface area contributed by atoms with E-state index in [9.17, 15) is 14.4 Å². The number of primary amides is 1. The van der Waals surface area contributed by atoms with Gasteiger partial charge in [-0.1, -0.05) is 18.2 Å². The number of nitrogens with two attached hydrogens (primary N) is 1. The molecule has 1 aromatic rings. The van der Waals surface area contributed by atoms with Gasteiger partial charge in [0.15, 0.2) is 0 Å². The van der Waals surface area contributed by atoms with Gasteiger partial charge in [-0.2, -0.15) is 0 Å². The van der Waals surface area contributed by atoms with Gasteiger partial charge in [-0.25, -0.2) is 4.79 Å². The Morgan fingerprint density at radius 2 is 1.79 bits per heavy atom. The van der Waals surface area contributed by atoms with Gasteiger partial charge in [0.2, 0.25) is 11.8 Å². The summed E-state index contributed by atoms with van der Waals surface area (Å²) in [6.45, 7) is 1.51. The van der Waals surface area contributed by atoms with Gasteiger partial charge in [0.05, 0.1) is 6.04 Å². The van der Waals surface area contributed by atoms with Crippen LogP contribution in [0.4, 0.5) is 10.5 Å². The predicted octanol–water partition coefficient (Wildman–Crippen LogP) is 0.699. The minimum absolute atomic E-state index is 0.0129. The number of piperidine rings is 1. The molecule has 0 aliphatic carbocycles. The maximum Gasteiger partial charge on any atom is 0.317 e. The maximum absolute atomic E-state index is 12.3. The summed E-state index contributed by atoms with van der Waals surface area (Å²) < 4.78 is 0. The molecule has 3 N–H and O–H groups in total. The second-order valence-corrected chi connectivity index (χ2v) is 6.35. The van der Waals surface area contributed by atoms with E-state index in [4.69, 9.17) is 5.73 Å². The highest BCUT2D eigenvalue weighted by Gasteiger charge is 2.33. The van der Waals surface area contributed by atoms with Crippen molar-refractivity contribution in [2.24, 2.45) is 11.7 Å². The van der Waals surface area contributed by atoms with Crippen LogP contribution in [0.3, 0.4) is 0 Å². The number of amides is 4. The zero-order valence-electron chi connectivity index (χ0n) is 13.5. The lowest BCUT2D eigenvalue weighted by atomic mass is 9.96. The molecule has 1 aromatic carbocycles. The molecule has 24 heavy (non-hydrogen) atoms. The Morgan fingerprint density at radius 3 is 2.42 bits per heavy atom. The van der Waals surface area contributed by atoms with E-state index in [0.29, 0.717) is 38.9 Å². The number of para-hydroxylation sites is 1. The molecule has 2 heterocycles. The summed E-state index contributed by atoms with van der Waals surface area (Å²) in [5.41, 5.74) is 6.15. The van der Waals surface area contributed by atoms with Crippen LogP contribution in [0.5, 0.6) is 0 Å². The van der Waals surface area contributed by atoms with Gasteiger partial charge in [0.25, 0.3) is 0 Å². The third kappa shape index (κ3) is 3.50. The van der Waals surface area contributed by atoms with Crippen LogP contribution < -0.4 is 16.0 Å². The zero-order chi connectivity index (χ0) is 17.1. The highest BCUT2D eigenvalue weighted by Crippen LogP contribution is 2.22. The number of likely N-dealkylation sites (tertiary alicyclic amines) is 1. The van der Waals surface area contributed by atoms with Crippen LogP contribution in [0, 0.1) is 5.92 Å². The summed E-state index contributed by atoms with van der Waals surface area (Å²) in [5.74, 6) is -0.426. The molecule has 4 amide bonds. The highest BCUT2D eigenvalue weighted by molar-refractivity contribution is 5.96. The fraction of sp³-hybridized carbons (Fsp3) is 0.471. The average molecular weight is 330 g/mol. The summed E-state index contributed by atoms with van der Waals surface area (Å²) >= 11 is 0. The van der Waals surface area contributed by atoms with Gasteiger partial charge in [-0.05, 0) is 25.0 Å². The number of anilines is 1. The minimum Gasteiger partial charge on any atom is -0.369 e. The number of urea groups is 1. The van der Waals surface area contributed by atoms with E-state index in [0.717, 1.165) is 5.69 Å². The summed E-state index contributed by atoms with van der Waals surface area (Å²) in [5, 5.41) is 2.93. The average Bonchev–Trinajstić information content (AvgIpc) is 2.96. The fourth-order valence-electron chi connectivity index (χ4n) is 3.29. The fourth-order valence-corrected chi connectivity index (χ4v) is 3.29. The molecule has 2 aliphatic rings. The van der Waals surface area contributed by atoms with Gasteiger partial charge in [0.1, 0.15) is 0 Å². The van der Waals surface area contributed by atoms with Crippen LogP contribution in [-0.4, -0.2) is 48.4 Å². The lowest BCUT2D eigenvalue weighted by molar-refractivity contribution is -0.123. The second kappa shape index (κ2) is 6.90. The van der Waals surface area contributed by atoms with Crippen molar-refractivity contribution in [3.8, 4) is 0 Å². The highest BCUT2D eigenvalue weighted by atomic mass is 16.2. The Labute approximate surface area is 140 Å². The number of rotatable bonds is 3. The largest absolute Gasteiger partial charge is 0.369 e. The predicted molar refractivity (Wildman–Crippen MR) is 89.2 cm³/mol. The van der Waals surface area contributed by atoms with Crippen molar-refractivity contribution < 1.29 is 14.4 Å². The Bertz CT molecular complexity index is 626. The van der Waals surface area contributed by atoms with Gasteiger partial charge < -0.3 is 20.9 Å². The van der Waals surface area contributed by atoms with Crippen molar-refractivity contribution in [1.29, 1.82) is 0 Å². The van der Waals surface area contributed by atoms with Gasteiger partial charge >= 0.3 is 6.03 Å². The molecule has 7 nitrogen and oxygen atoms in total. The van der Waals surface area contributed by atoms with E-state index in [1.165, 1.54) is 0 Å². The first-order valence-corrected chi connectivity index (χ1v) is 8.25. The summed E-state index contributed by atoms with van der Waals surface area (Å²) in [6.07, 6.45) is 1.50. The molecular formula is C17H22N4O3. The number of nitrogens with zero attached hydrogens (tertiary/aromatic N) is 2. The molecule has 7 heteroatoms. The standard InChI is InChI=1S/C17H22N4O3/c18-16(23)12-6-8-20(9-7-12)17(24)19-13-10-15(22)21(11-13)14-4-2-1-3-5-14/h1-5,12-13H,6-11H2,(H2,18,23)(H,19,24)/t13-/m1/s1. The van der Waals surface area contributed by atoms with E-state index >= 15 is 0 Å². The first-order valence-electron chi connectivity index (χ1n) is 8.25. The van der Waals surface area contributed by atoms with Crippen LogP contribution >= 0.6 is 0 Å². The van der Waals surface area contributed by atoms with Crippen molar-refractivity contribution in [3.05, 3.63) is 30.3 Å². The molecule has 3 rings (SSSR count). The van der Waals surface area contributed by atoms with E-state index < -0.39 is 0 Å². The van der Waals surface area contributed by atoms with Crippen molar-refractivity contribution in [3.63, 3.8) is 0 Å². The van der Waals surface area contributed by atoms with Crippen LogP contribution in [0.1, 0.15) is 19.3 Å². The van der Waals surface area contributed by atoms with Gasteiger partial charge in [-0.15, -0.1) is 0 Å². The Balaban J connectivity index is 1.53. The monoisotopic (exact) mass is 330 g/mol. The molecule has 2 saturated heterocycles. The normalized spacial score (nSPS) is 21.8. The molecule has 0 unspecified atom stereocenters. The molecule has 0 aromatic heterocycles. The van der Waals surface area contributed by atoms with Crippen LogP contribution in [0.2, 0.25) is 0 Å². The molecule has 0 bridgehead atoms. The molecule has 2 fully saturated rings. The van der Waals surface area contributed by atoms with E-state index in [-0.39, 0.29) is 29.8 Å². The van der Waals surface area contributed by atoms with E-state index in [2.05, 4.69) is 5.32 Å². The van der Waals surface area contributed by atoms with E-state index in [1.54, 1.807) is 9.80 Å². The molecule has 1 atom stereocenters. The lowest BCUT2D eigenvalue weighted by Gasteiger charge is -2.31. The van der Waals surface area contributed by atoms with Crippen LogP contribution in [0.15, 0.2) is 30.3 Å². The first kappa shape index (κ1) is 16.3. The van der Waals surface area contributed by atoms with Crippen molar-refractivity contribution in [2.45, 2.75) is 25.3 Å². The molecule has 0 spiro atoms. The van der Waals surface area contributed by atoms with Gasteiger partial charge in [-0.3, -0.25) is 9.59 Å². The van der Waals surface area contributed by atoms with Crippen LogP contribution in [0.25, 0.3) is 0 Å². The minimum atomic E-state index is -0.296. The Hall–Kier alpha value is -2.57. The maximum atomic E-state index is 12.3. The Morgan fingerprint density at radius 1 is 1.12 bits per heavy atom. The molecule has 2 aliphatic heterocycles. The van der Waals surface area contributed by atoms with Crippen molar-refractivity contribution in [1.82, 2.24) is 10.2 Å². The Kier molecular flexibility index (Phi) is 4.69. The summed E-state index contributed by atoms with van der Waals surface area (Å²) in [7, 11) is 0. The number of hydrogen-bond acceptors (Lipinski definition) is 3. The summed E-state index contributed by atoms with van der Waals surface area (Å²) in [4.78, 5) is 39.1. The summed E-state index contributed by atoms with van der Waals surface area (Å²) in [6, 6.07) is 9.08. The molecule has 128 valence electrons. The van der Waals surface area contributed by atoms with E-state index in [1.807, 2.05) is 30.3 Å². The SMILES string of the molecule is NC(=O)C1CCN(C(=O)N[C@@H]2CC(=O)N(c3ccccc3)C2)CC1. The smallest absolute Gasteiger partial charge is 0.317 e. The van der Waals surface area contributed by atoms with Crippen molar-refractivity contribution >= 4 is 23.5 Å². The molecule has 0 radical (unpaired) electrons. The van der Waals surface area contributed by atoms with Crippen molar-refractivity contribution in [2.75, 3.05) is 24.5 Å². The quantitative estimate of drug-likeness (QED) is 0.854. The van der Waals surface area contributed by atoms with Crippen LogP contribution in [-0.2, 0) is 9.59 Å². The first-order chi connectivity index (χ1) is 11.5. The third-order valence-electron chi connectivity index (χ3n) is 4.71. The third-order valence-corrected chi connectivity index (χ3v) is 4.71. The molecular weight excluding hydrogens is 308 g/mol. The topological polar surface area (TPSA) is 95.7 Å².